The SMILES string of the molecule is CCc1nc(CNCC(C)(O)C(C)C)cs1. The van der Waals surface area contributed by atoms with Gasteiger partial charge in [-0.25, -0.2) is 4.98 Å². The molecule has 0 radical (unpaired) electrons. The van der Waals surface area contributed by atoms with E-state index in [1.54, 1.807) is 11.3 Å². The van der Waals surface area contributed by atoms with Crippen molar-refractivity contribution in [2.45, 2.75) is 46.3 Å². The van der Waals surface area contributed by atoms with E-state index in [4.69, 9.17) is 0 Å². The van der Waals surface area contributed by atoms with Crippen LogP contribution in [0.1, 0.15) is 38.4 Å². The highest BCUT2D eigenvalue weighted by Crippen LogP contribution is 2.15. The maximum Gasteiger partial charge on any atom is 0.0926 e. The summed E-state index contributed by atoms with van der Waals surface area (Å²) < 4.78 is 0. The first-order valence-corrected chi connectivity index (χ1v) is 6.70. The summed E-state index contributed by atoms with van der Waals surface area (Å²) in [6, 6.07) is 0. The van der Waals surface area contributed by atoms with Crippen LogP contribution in [0.15, 0.2) is 5.38 Å². The van der Waals surface area contributed by atoms with Crippen molar-refractivity contribution in [1.29, 1.82) is 0 Å². The molecule has 0 aliphatic carbocycles. The zero-order valence-corrected chi connectivity index (χ0v) is 11.4. The molecule has 0 bridgehead atoms. The van der Waals surface area contributed by atoms with Gasteiger partial charge in [-0.05, 0) is 19.3 Å². The number of aryl methyl sites for hydroxylation is 1. The summed E-state index contributed by atoms with van der Waals surface area (Å²) >= 11 is 1.70. The molecule has 0 aliphatic rings. The van der Waals surface area contributed by atoms with Gasteiger partial charge in [-0.3, -0.25) is 0 Å². The minimum absolute atomic E-state index is 0.252. The second-order valence-corrected chi connectivity index (χ2v) is 5.64. The lowest BCUT2D eigenvalue weighted by atomic mass is 9.92. The average Bonchev–Trinajstić information content (AvgIpc) is 2.65. The second-order valence-electron chi connectivity index (χ2n) is 4.70. The average molecular weight is 242 g/mol. The highest BCUT2D eigenvalue weighted by Gasteiger charge is 2.23. The molecule has 3 nitrogen and oxygen atoms in total. The number of aromatic nitrogens is 1. The fraction of sp³-hybridized carbons (Fsp3) is 0.750. The van der Waals surface area contributed by atoms with Crippen molar-refractivity contribution < 1.29 is 5.11 Å². The van der Waals surface area contributed by atoms with Gasteiger partial charge in [0.25, 0.3) is 0 Å². The van der Waals surface area contributed by atoms with E-state index in [2.05, 4.69) is 22.6 Å². The smallest absolute Gasteiger partial charge is 0.0926 e. The van der Waals surface area contributed by atoms with Crippen molar-refractivity contribution in [1.82, 2.24) is 10.3 Å². The largest absolute Gasteiger partial charge is 0.389 e. The van der Waals surface area contributed by atoms with Gasteiger partial charge in [0.15, 0.2) is 0 Å². The fourth-order valence-corrected chi connectivity index (χ4v) is 1.99. The summed E-state index contributed by atoms with van der Waals surface area (Å²) in [5.41, 5.74) is 0.422. The van der Waals surface area contributed by atoms with Gasteiger partial charge >= 0.3 is 0 Å². The Morgan fingerprint density at radius 3 is 2.75 bits per heavy atom. The summed E-state index contributed by atoms with van der Waals surface area (Å²) in [5, 5.41) is 16.5. The first-order chi connectivity index (χ1) is 7.45. The first kappa shape index (κ1) is 13.6. The lowest BCUT2D eigenvalue weighted by Gasteiger charge is -2.27. The van der Waals surface area contributed by atoms with Crippen LogP contribution < -0.4 is 5.32 Å². The standard InChI is InChI=1S/C12H22N2OS/c1-5-11-14-10(7-16-11)6-13-8-12(4,15)9(2)3/h7,9,13,15H,5-6,8H2,1-4H3. The van der Waals surface area contributed by atoms with Crippen molar-refractivity contribution in [2.75, 3.05) is 6.54 Å². The molecular formula is C12H22N2OS. The molecule has 0 aromatic carbocycles. The third kappa shape index (κ3) is 3.85. The Morgan fingerprint density at radius 2 is 2.25 bits per heavy atom. The Morgan fingerprint density at radius 1 is 1.56 bits per heavy atom. The normalized spacial score (nSPS) is 15.4. The molecule has 0 spiro atoms. The summed E-state index contributed by atoms with van der Waals surface area (Å²) in [7, 11) is 0. The Balaban J connectivity index is 2.35. The van der Waals surface area contributed by atoms with Gasteiger partial charge in [0.05, 0.1) is 16.3 Å². The third-order valence-electron chi connectivity index (χ3n) is 2.93. The highest BCUT2D eigenvalue weighted by atomic mass is 32.1. The molecular weight excluding hydrogens is 220 g/mol. The highest BCUT2D eigenvalue weighted by molar-refractivity contribution is 7.09. The fourth-order valence-electron chi connectivity index (χ4n) is 1.24. The number of nitrogens with zero attached hydrogens (tertiary/aromatic N) is 1. The van der Waals surface area contributed by atoms with Gasteiger partial charge in [0, 0.05) is 18.5 Å². The van der Waals surface area contributed by atoms with E-state index >= 15 is 0 Å². The molecule has 16 heavy (non-hydrogen) atoms. The molecule has 4 heteroatoms. The number of aliphatic hydroxyl groups is 1. The van der Waals surface area contributed by atoms with E-state index in [0.29, 0.717) is 6.54 Å². The molecule has 1 heterocycles. The maximum atomic E-state index is 10.0. The van der Waals surface area contributed by atoms with Crippen LogP contribution in [-0.4, -0.2) is 22.2 Å². The number of thiazole rings is 1. The van der Waals surface area contributed by atoms with E-state index in [1.807, 2.05) is 20.8 Å². The lowest BCUT2D eigenvalue weighted by Crippen LogP contribution is -2.42. The molecule has 0 saturated heterocycles. The molecule has 1 unspecified atom stereocenters. The number of nitrogens with one attached hydrogen (secondary N) is 1. The quantitative estimate of drug-likeness (QED) is 0.804. The van der Waals surface area contributed by atoms with E-state index < -0.39 is 5.60 Å². The zero-order valence-electron chi connectivity index (χ0n) is 10.6. The van der Waals surface area contributed by atoms with Crippen LogP contribution in [0.3, 0.4) is 0 Å². The number of rotatable bonds is 6. The third-order valence-corrected chi connectivity index (χ3v) is 3.98. The van der Waals surface area contributed by atoms with Crippen molar-refractivity contribution in [2.24, 2.45) is 5.92 Å². The van der Waals surface area contributed by atoms with Crippen LogP contribution in [-0.2, 0) is 13.0 Å². The molecule has 1 aromatic rings. The zero-order chi connectivity index (χ0) is 12.2. The minimum Gasteiger partial charge on any atom is -0.389 e. The van der Waals surface area contributed by atoms with Crippen LogP contribution in [0, 0.1) is 5.92 Å². The molecule has 0 saturated carbocycles. The van der Waals surface area contributed by atoms with Gasteiger partial charge in [0.2, 0.25) is 0 Å². The predicted molar refractivity (Wildman–Crippen MR) is 68.7 cm³/mol. The Labute approximate surface area is 102 Å². The Kier molecular flexibility index (Phi) is 4.89. The van der Waals surface area contributed by atoms with Gasteiger partial charge < -0.3 is 10.4 Å². The minimum atomic E-state index is -0.649. The monoisotopic (exact) mass is 242 g/mol. The van der Waals surface area contributed by atoms with E-state index in [-0.39, 0.29) is 5.92 Å². The molecule has 1 rings (SSSR count). The maximum absolute atomic E-state index is 10.0. The van der Waals surface area contributed by atoms with Gasteiger partial charge in [-0.1, -0.05) is 20.8 Å². The molecule has 92 valence electrons. The summed E-state index contributed by atoms with van der Waals surface area (Å²) in [4.78, 5) is 4.47. The summed E-state index contributed by atoms with van der Waals surface area (Å²) in [5.74, 6) is 0.252. The van der Waals surface area contributed by atoms with Gasteiger partial charge in [-0.2, -0.15) is 0 Å². The van der Waals surface area contributed by atoms with Crippen LogP contribution in [0.25, 0.3) is 0 Å². The topological polar surface area (TPSA) is 45.2 Å². The predicted octanol–water partition coefficient (Wildman–Crippen LogP) is 2.20. The van der Waals surface area contributed by atoms with Crippen LogP contribution in [0.2, 0.25) is 0 Å². The van der Waals surface area contributed by atoms with Crippen LogP contribution in [0.5, 0.6) is 0 Å². The second kappa shape index (κ2) is 5.75. The Hall–Kier alpha value is -0.450. The molecule has 2 N–H and O–H groups in total. The van der Waals surface area contributed by atoms with E-state index in [9.17, 15) is 5.11 Å². The number of hydrogen-bond donors (Lipinski definition) is 2. The molecule has 1 atom stereocenters. The van der Waals surface area contributed by atoms with E-state index in [0.717, 1.165) is 18.7 Å². The molecule has 0 amide bonds. The molecule has 0 aliphatic heterocycles. The van der Waals surface area contributed by atoms with Crippen molar-refractivity contribution in [3.63, 3.8) is 0 Å². The molecule has 1 aromatic heterocycles. The van der Waals surface area contributed by atoms with Crippen molar-refractivity contribution in [3.05, 3.63) is 16.1 Å². The van der Waals surface area contributed by atoms with Crippen molar-refractivity contribution >= 4 is 11.3 Å². The Bertz CT molecular complexity index is 321. The van der Waals surface area contributed by atoms with Gasteiger partial charge in [-0.15, -0.1) is 11.3 Å². The van der Waals surface area contributed by atoms with Crippen LogP contribution in [0.4, 0.5) is 0 Å². The van der Waals surface area contributed by atoms with Gasteiger partial charge in [0.1, 0.15) is 0 Å². The van der Waals surface area contributed by atoms with Crippen molar-refractivity contribution in [3.8, 4) is 0 Å². The summed E-state index contributed by atoms with van der Waals surface area (Å²) in [6.07, 6.45) is 0.994. The van der Waals surface area contributed by atoms with E-state index in [1.165, 1.54) is 5.01 Å². The lowest BCUT2D eigenvalue weighted by molar-refractivity contribution is 0.0139. The van der Waals surface area contributed by atoms with Crippen LogP contribution >= 0.6 is 11.3 Å². The first-order valence-electron chi connectivity index (χ1n) is 5.82. The molecule has 0 fully saturated rings. The number of hydrogen-bond acceptors (Lipinski definition) is 4. The summed E-state index contributed by atoms with van der Waals surface area (Å²) in [6.45, 7) is 9.37.